The van der Waals surface area contributed by atoms with Crippen LogP contribution in [-0.2, 0) is 16.3 Å². The van der Waals surface area contributed by atoms with Gasteiger partial charge in [-0.15, -0.1) is 11.6 Å². The second kappa shape index (κ2) is 6.31. The van der Waals surface area contributed by atoms with Crippen molar-refractivity contribution < 1.29 is 17.5 Å². The molecule has 1 aromatic rings. The first-order valence-corrected chi connectivity index (χ1v) is 8.89. The van der Waals surface area contributed by atoms with Crippen LogP contribution in [0.25, 0.3) is 0 Å². The van der Waals surface area contributed by atoms with Gasteiger partial charge in [-0.25, -0.2) is 12.8 Å². The molecule has 2 atom stereocenters. The van der Waals surface area contributed by atoms with Crippen LogP contribution in [0, 0.1) is 17.7 Å². The predicted octanol–water partition coefficient (Wildman–Crippen LogP) is 2.67. The molecule has 112 valence electrons. The van der Waals surface area contributed by atoms with Crippen LogP contribution < -0.4 is 4.74 Å². The maximum atomic E-state index is 13.7. The molecule has 1 aliphatic rings. The third-order valence-electron chi connectivity index (χ3n) is 3.85. The van der Waals surface area contributed by atoms with Gasteiger partial charge in [0.15, 0.2) is 21.4 Å². The fourth-order valence-electron chi connectivity index (χ4n) is 2.68. The van der Waals surface area contributed by atoms with E-state index >= 15 is 0 Å². The first-order chi connectivity index (χ1) is 9.45. The summed E-state index contributed by atoms with van der Waals surface area (Å²) < 4.78 is 41.6. The first-order valence-electron chi connectivity index (χ1n) is 6.54. The van der Waals surface area contributed by atoms with Crippen molar-refractivity contribution in [1.29, 1.82) is 0 Å². The molecule has 1 aliphatic heterocycles. The number of benzene rings is 1. The van der Waals surface area contributed by atoms with Gasteiger partial charge in [0.25, 0.3) is 0 Å². The fraction of sp³-hybridized carbons (Fsp3) is 0.571. The standard InChI is InChI=1S/C14H18ClFO3S/c1-19-14-3-2-10(7-13(14)16)6-12(8-15)11-4-5-20(17,18)9-11/h2-3,7,11-12H,4-6,8-9H2,1H3. The number of sulfone groups is 1. The highest BCUT2D eigenvalue weighted by atomic mass is 35.5. The molecule has 1 saturated heterocycles. The number of hydrogen-bond donors (Lipinski definition) is 0. The third-order valence-corrected chi connectivity index (χ3v) is 6.04. The SMILES string of the molecule is COc1ccc(CC(CCl)C2CCS(=O)(=O)C2)cc1F. The average molecular weight is 321 g/mol. The van der Waals surface area contributed by atoms with Gasteiger partial charge in [0.2, 0.25) is 0 Å². The van der Waals surface area contributed by atoms with Crippen LogP contribution in [0.2, 0.25) is 0 Å². The molecule has 0 radical (unpaired) electrons. The highest BCUT2D eigenvalue weighted by Crippen LogP contribution is 2.30. The molecule has 0 spiro atoms. The molecule has 1 fully saturated rings. The summed E-state index contributed by atoms with van der Waals surface area (Å²) in [7, 11) is -1.49. The first kappa shape index (κ1) is 15.6. The zero-order valence-electron chi connectivity index (χ0n) is 11.3. The summed E-state index contributed by atoms with van der Waals surface area (Å²) in [6, 6.07) is 4.81. The van der Waals surface area contributed by atoms with E-state index in [1.54, 1.807) is 12.1 Å². The van der Waals surface area contributed by atoms with E-state index in [1.807, 2.05) is 0 Å². The molecule has 20 heavy (non-hydrogen) atoms. The normalized spacial score (nSPS) is 22.6. The minimum Gasteiger partial charge on any atom is -0.494 e. The maximum Gasteiger partial charge on any atom is 0.165 e. The Morgan fingerprint density at radius 1 is 1.50 bits per heavy atom. The third kappa shape index (κ3) is 3.64. The van der Waals surface area contributed by atoms with Gasteiger partial charge < -0.3 is 4.74 Å². The number of ether oxygens (including phenoxy) is 1. The van der Waals surface area contributed by atoms with Crippen molar-refractivity contribution in [2.45, 2.75) is 12.8 Å². The molecule has 0 aliphatic carbocycles. The van der Waals surface area contributed by atoms with Gasteiger partial charge in [0, 0.05) is 5.88 Å². The quantitative estimate of drug-likeness (QED) is 0.783. The molecule has 2 rings (SSSR count). The van der Waals surface area contributed by atoms with E-state index in [2.05, 4.69) is 0 Å². The fourth-order valence-corrected chi connectivity index (χ4v) is 4.96. The largest absolute Gasteiger partial charge is 0.494 e. The van der Waals surface area contributed by atoms with Gasteiger partial charge in [0.1, 0.15) is 0 Å². The van der Waals surface area contributed by atoms with Gasteiger partial charge in [-0.3, -0.25) is 0 Å². The van der Waals surface area contributed by atoms with Crippen molar-refractivity contribution >= 4 is 21.4 Å². The Balaban J connectivity index is 2.09. The van der Waals surface area contributed by atoms with E-state index in [4.69, 9.17) is 16.3 Å². The summed E-state index contributed by atoms with van der Waals surface area (Å²) in [5.41, 5.74) is 0.818. The molecule has 1 aromatic carbocycles. The zero-order valence-corrected chi connectivity index (χ0v) is 12.9. The number of methoxy groups -OCH3 is 1. The summed E-state index contributed by atoms with van der Waals surface area (Å²) in [5, 5.41) is 0. The van der Waals surface area contributed by atoms with Crippen molar-refractivity contribution in [2.24, 2.45) is 11.8 Å². The molecular formula is C14H18ClFO3S. The summed E-state index contributed by atoms with van der Waals surface area (Å²) in [6.45, 7) is 0. The Bertz CT molecular complexity index is 574. The van der Waals surface area contributed by atoms with Crippen molar-refractivity contribution in [2.75, 3.05) is 24.5 Å². The molecule has 2 unspecified atom stereocenters. The highest BCUT2D eigenvalue weighted by molar-refractivity contribution is 7.91. The van der Waals surface area contributed by atoms with Crippen molar-refractivity contribution in [3.63, 3.8) is 0 Å². The molecule has 0 amide bonds. The minimum absolute atomic E-state index is 0.0572. The molecule has 3 nitrogen and oxygen atoms in total. The Kier molecular flexibility index (Phi) is 4.91. The van der Waals surface area contributed by atoms with E-state index in [1.165, 1.54) is 13.2 Å². The summed E-state index contributed by atoms with van der Waals surface area (Å²) in [4.78, 5) is 0. The lowest BCUT2D eigenvalue weighted by Gasteiger charge is -2.20. The van der Waals surface area contributed by atoms with Crippen molar-refractivity contribution in [3.05, 3.63) is 29.6 Å². The number of halogens is 2. The van der Waals surface area contributed by atoms with Crippen molar-refractivity contribution in [1.82, 2.24) is 0 Å². The topological polar surface area (TPSA) is 43.4 Å². The van der Waals surface area contributed by atoms with Gasteiger partial charge in [-0.1, -0.05) is 6.07 Å². The van der Waals surface area contributed by atoms with Crippen LogP contribution >= 0.6 is 11.6 Å². The maximum absolute atomic E-state index is 13.7. The number of hydrogen-bond acceptors (Lipinski definition) is 3. The molecule has 1 heterocycles. The molecule has 0 saturated carbocycles. The lowest BCUT2D eigenvalue weighted by atomic mass is 9.88. The summed E-state index contributed by atoms with van der Waals surface area (Å²) >= 11 is 5.98. The average Bonchev–Trinajstić information content (AvgIpc) is 2.76. The van der Waals surface area contributed by atoms with Crippen LogP contribution in [0.15, 0.2) is 18.2 Å². The van der Waals surface area contributed by atoms with E-state index < -0.39 is 15.7 Å². The Labute approximate surface area is 124 Å². The lowest BCUT2D eigenvalue weighted by Crippen LogP contribution is -2.20. The lowest BCUT2D eigenvalue weighted by molar-refractivity contribution is 0.382. The molecule has 0 bridgehead atoms. The smallest absolute Gasteiger partial charge is 0.165 e. The Hall–Kier alpha value is -0.810. The molecular weight excluding hydrogens is 303 g/mol. The predicted molar refractivity (Wildman–Crippen MR) is 77.6 cm³/mol. The van der Waals surface area contributed by atoms with Crippen LogP contribution in [0.4, 0.5) is 4.39 Å². The van der Waals surface area contributed by atoms with E-state index in [-0.39, 0.29) is 29.1 Å². The summed E-state index contributed by atoms with van der Waals surface area (Å²) in [6.07, 6.45) is 1.24. The van der Waals surface area contributed by atoms with Crippen LogP contribution in [0.3, 0.4) is 0 Å². The van der Waals surface area contributed by atoms with Gasteiger partial charge in [-0.05, 0) is 42.4 Å². The van der Waals surface area contributed by atoms with Crippen LogP contribution in [-0.4, -0.2) is 32.9 Å². The van der Waals surface area contributed by atoms with Gasteiger partial charge in [-0.2, -0.15) is 0 Å². The van der Waals surface area contributed by atoms with Crippen LogP contribution in [0.1, 0.15) is 12.0 Å². The number of alkyl halides is 1. The van der Waals surface area contributed by atoms with Crippen molar-refractivity contribution in [3.8, 4) is 5.75 Å². The number of rotatable bonds is 5. The van der Waals surface area contributed by atoms with Gasteiger partial charge >= 0.3 is 0 Å². The van der Waals surface area contributed by atoms with E-state index in [0.29, 0.717) is 18.7 Å². The molecule has 6 heteroatoms. The van der Waals surface area contributed by atoms with Gasteiger partial charge in [0.05, 0.1) is 18.6 Å². The van der Waals surface area contributed by atoms with E-state index in [9.17, 15) is 12.8 Å². The summed E-state index contributed by atoms with van der Waals surface area (Å²) in [5.74, 6) is 0.750. The molecule has 0 aromatic heterocycles. The second-order valence-electron chi connectivity index (χ2n) is 5.25. The zero-order chi connectivity index (χ0) is 14.8. The Morgan fingerprint density at radius 3 is 2.75 bits per heavy atom. The highest BCUT2D eigenvalue weighted by Gasteiger charge is 2.33. The van der Waals surface area contributed by atoms with E-state index in [0.717, 1.165) is 5.56 Å². The monoisotopic (exact) mass is 320 g/mol. The molecule has 0 N–H and O–H groups in total. The Morgan fingerprint density at radius 2 is 2.25 bits per heavy atom. The minimum atomic E-state index is -2.91. The second-order valence-corrected chi connectivity index (χ2v) is 7.79. The van der Waals surface area contributed by atoms with Crippen LogP contribution in [0.5, 0.6) is 5.75 Å².